The predicted octanol–water partition coefficient (Wildman–Crippen LogP) is 2.20. The van der Waals surface area contributed by atoms with Crippen LogP contribution in [0.5, 0.6) is 0 Å². The van der Waals surface area contributed by atoms with Gasteiger partial charge in [-0.15, -0.1) is 0 Å². The van der Waals surface area contributed by atoms with Crippen LogP contribution in [0.3, 0.4) is 0 Å². The normalized spacial score (nSPS) is 17.5. The summed E-state index contributed by atoms with van der Waals surface area (Å²) >= 11 is 0. The van der Waals surface area contributed by atoms with Gasteiger partial charge in [0.15, 0.2) is 0 Å². The molecule has 0 bridgehead atoms. The summed E-state index contributed by atoms with van der Waals surface area (Å²) in [7, 11) is 1.84. The van der Waals surface area contributed by atoms with Crippen molar-refractivity contribution in [1.29, 1.82) is 0 Å². The lowest BCUT2D eigenvalue weighted by Gasteiger charge is -2.25. The molecular weight excluding hydrogens is 278 g/mol. The molecule has 1 saturated heterocycles. The minimum absolute atomic E-state index is 0.0576. The Bertz CT molecular complexity index is 670. The minimum atomic E-state index is -0.0576. The van der Waals surface area contributed by atoms with Gasteiger partial charge < -0.3 is 10.2 Å². The lowest BCUT2D eigenvalue weighted by atomic mass is 10.1. The van der Waals surface area contributed by atoms with E-state index in [1.807, 2.05) is 31.0 Å². The molecule has 1 aliphatic heterocycles. The van der Waals surface area contributed by atoms with Crippen molar-refractivity contribution in [2.24, 2.45) is 0 Å². The van der Waals surface area contributed by atoms with E-state index in [-0.39, 0.29) is 11.9 Å². The van der Waals surface area contributed by atoms with E-state index in [2.05, 4.69) is 20.3 Å². The molecule has 6 nitrogen and oxygen atoms in total. The summed E-state index contributed by atoms with van der Waals surface area (Å²) < 4.78 is 0. The number of likely N-dealkylation sites (tertiary alicyclic amines) is 1. The molecular formula is C16H19N5O. The molecule has 0 aliphatic carbocycles. The van der Waals surface area contributed by atoms with Gasteiger partial charge in [0, 0.05) is 26.0 Å². The number of rotatable bonds is 3. The number of carbonyl (C=O) groups excluding carboxylic acids is 1. The predicted molar refractivity (Wildman–Crippen MR) is 83.6 cm³/mol. The second-order valence-electron chi connectivity index (χ2n) is 5.42. The number of hydrogen-bond donors (Lipinski definition) is 1. The highest BCUT2D eigenvalue weighted by Crippen LogP contribution is 2.33. The van der Waals surface area contributed by atoms with Crippen molar-refractivity contribution in [3.8, 4) is 0 Å². The van der Waals surface area contributed by atoms with Gasteiger partial charge >= 0.3 is 0 Å². The van der Waals surface area contributed by atoms with Crippen molar-refractivity contribution in [3.05, 3.63) is 47.7 Å². The van der Waals surface area contributed by atoms with E-state index in [1.165, 1.54) is 0 Å². The summed E-state index contributed by atoms with van der Waals surface area (Å²) in [6.07, 6.45) is 6.90. The van der Waals surface area contributed by atoms with E-state index in [4.69, 9.17) is 0 Å². The van der Waals surface area contributed by atoms with Gasteiger partial charge in [0.1, 0.15) is 11.5 Å². The number of nitrogens with zero attached hydrogens (tertiary/aromatic N) is 4. The van der Waals surface area contributed by atoms with Gasteiger partial charge in [0.2, 0.25) is 0 Å². The maximum absolute atomic E-state index is 12.7. The average Bonchev–Trinajstić information content (AvgIpc) is 3.04. The van der Waals surface area contributed by atoms with Gasteiger partial charge in [0.05, 0.1) is 17.9 Å². The highest BCUT2D eigenvalue weighted by Gasteiger charge is 2.31. The highest BCUT2D eigenvalue weighted by molar-refractivity contribution is 5.92. The molecule has 1 aliphatic rings. The monoisotopic (exact) mass is 297 g/mol. The summed E-state index contributed by atoms with van der Waals surface area (Å²) in [5.41, 5.74) is 2.31. The molecule has 0 saturated carbocycles. The Kier molecular flexibility index (Phi) is 4.00. The molecule has 22 heavy (non-hydrogen) atoms. The summed E-state index contributed by atoms with van der Waals surface area (Å²) in [5.74, 6) is 0.754. The average molecular weight is 297 g/mol. The third-order valence-corrected chi connectivity index (χ3v) is 3.94. The zero-order valence-corrected chi connectivity index (χ0v) is 12.8. The van der Waals surface area contributed by atoms with Gasteiger partial charge in [-0.3, -0.25) is 9.78 Å². The zero-order chi connectivity index (χ0) is 15.5. The fraction of sp³-hybridized carbons (Fsp3) is 0.375. The Morgan fingerprint density at radius 1 is 1.32 bits per heavy atom. The van der Waals surface area contributed by atoms with Crippen LogP contribution in [0.25, 0.3) is 0 Å². The van der Waals surface area contributed by atoms with Crippen LogP contribution in [0, 0.1) is 6.92 Å². The SMILES string of the molecule is CNc1cc(C2CCCN2C(=O)c2cnc(C)cn2)ccn1. The van der Waals surface area contributed by atoms with Crippen molar-refractivity contribution in [3.63, 3.8) is 0 Å². The Morgan fingerprint density at radius 2 is 2.18 bits per heavy atom. The quantitative estimate of drug-likeness (QED) is 0.940. The van der Waals surface area contributed by atoms with Crippen LogP contribution in [0.15, 0.2) is 30.7 Å². The molecule has 0 spiro atoms. The molecule has 114 valence electrons. The Hall–Kier alpha value is -2.50. The van der Waals surface area contributed by atoms with Crippen molar-refractivity contribution >= 4 is 11.7 Å². The molecule has 0 radical (unpaired) electrons. The van der Waals surface area contributed by atoms with E-state index in [0.717, 1.165) is 36.5 Å². The van der Waals surface area contributed by atoms with Crippen LogP contribution in [-0.4, -0.2) is 39.4 Å². The van der Waals surface area contributed by atoms with E-state index in [9.17, 15) is 4.79 Å². The molecule has 1 atom stereocenters. The van der Waals surface area contributed by atoms with Gasteiger partial charge in [-0.1, -0.05) is 0 Å². The summed E-state index contributed by atoms with van der Waals surface area (Å²) in [6.45, 7) is 2.60. The number of anilines is 1. The number of amides is 1. The molecule has 1 N–H and O–H groups in total. The molecule has 1 fully saturated rings. The first-order valence-electron chi connectivity index (χ1n) is 7.42. The van der Waals surface area contributed by atoms with Crippen molar-refractivity contribution in [2.45, 2.75) is 25.8 Å². The first kappa shape index (κ1) is 14.4. The van der Waals surface area contributed by atoms with Gasteiger partial charge in [-0.2, -0.15) is 0 Å². The van der Waals surface area contributed by atoms with Crippen LogP contribution in [-0.2, 0) is 0 Å². The third-order valence-electron chi connectivity index (χ3n) is 3.94. The number of pyridine rings is 1. The molecule has 1 amide bonds. The van der Waals surface area contributed by atoms with Gasteiger partial charge in [-0.25, -0.2) is 9.97 Å². The molecule has 3 heterocycles. The minimum Gasteiger partial charge on any atom is -0.373 e. The zero-order valence-electron chi connectivity index (χ0n) is 12.8. The Balaban J connectivity index is 1.86. The standard InChI is InChI=1S/C16H19N5O/c1-11-9-20-13(10-19-11)16(22)21-7-3-4-14(21)12-5-6-18-15(8-12)17-2/h5-6,8-10,14H,3-4,7H2,1-2H3,(H,17,18). The summed E-state index contributed by atoms with van der Waals surface area (Å²) in [6, 6.07) is 4.04. The van der Waals surface area contributed by atoms with Crippen LogP contribution in [0.2, 0.25) is 0 Å². The molecule has 3 rings (SSSR count). The first-order valence-corrected chi connectivity index (χ1v) is 7.42. The summed E-state index contributed by atoms with van der Waals surface area (Å²) in [4.78, 5) is 27.2. The molecule has 1 unspecified atom stereocenters. The van der Waals surface area contributed by atoms with Crippen molar-refractivity contribution < 1.29 is 4.79 Å². The molecule has 0 aromatic carbocycles. The Morgan fingerprint density at radius 3 is 2.91 bits per heavy atom. The lowest BCUT2D eigenvalue weighted by molar-refractivity contribution is 0.0729. The van der Waals surface area contributed by atoms with Crippen LogP contribution in [0.1, 0.15) is 40.6 Å². The van der Waals surface area contributed by atoms with Crippen molar-refractivity contribution in [2.75, 3.05) is 18.9 Å². The van der Waals surface area contributed by atoms with Crippen LogP contribution in [0.4, 0.5) is 5.82 Å². The fourth-order valence-electron chi connectivity index (χ4n) is 2.80. The number of hydrogen-bond acceptors (Lipinski definition) is 5. The van der Waals surface area contributed by atoms with Crippen LogP contribution >= 0.6 is 0 Å². The van der Waals surface area contributed by atoms with E-state index in [1.54, 1.807) is 18.6 Å². The lowest BCUT2D eigenvalue weighted by Crippen LogP contribution is -2.31. The smallest absolute Gasteiger partial charge is 0.274 e. The molecule has 2 aromatic heterocycles. The number of aryl methyl sites for hydroxylation is 1. The fourth-order valence-corrected chi connectivity index (χ4v) is 2.80. The topological polar surface area (TPSA) is 71.0 Å². The number of nitrogens with one attached hydrogen (secondary N) is 1. The number of carbonyl (C=O) groups is 1. The Labute approximate surface area is 129 Å². The van der Waals surface area contributed by atoms with Crippen LogP contribution < -0.4 is 5.32 Å². The van der Waals surface area contributed by atoms with E-state index in [0.29, 0.717) is 5.69 Å². The van der Waals surface area contributed by atoms with Gasteiger partial charge in [0.25, 0.3) is 5.91 Å². The molecule has 2 aromatic rings. The van der Waals surface area contributed by atoms with Crippen molar-refractivity contribution in [1.82, 2.24) is 19.9 Å². The largest absolute Gasteiger partial charge is 0.373 e. The summed E-state index contributed by atoms with van der Waals surface area (Å²) in [5, 5.41) is 3.04. The maximum atomic E-state index is 12.7. The second-order valence-corrected chi connectivity index (χ2v) is 5.42. The third kappa shape index (κ3) is 2.77. The van der Waals surface area contributed by atoms with Gasteiger partial charge in [-0.05, 0) is 37.5 Å². The highest BCUT2D eigenvalue weighted by atomic mass is 16.2. The molecule has 6 heteroatoms. The number of aromatic nitrogens is 3. The maximum Gasteiger partial charge on any atom is 0.274 e. The van der Waals surface area contributed by atoms with E-state index < -0.39 is 0 Å². The van der Waals surface area contributed by atoms with E-state index >= 15 is 0 Å². The second kappa shape index (κ2) is 6.09. The first-order chi connectivity index (χ1) is 10.7.